The first-order valence-corrected chi connectivity index (χ1v) is 4.66. The van der Waals surface area contributed by atoms with Crippen LogP contribution in [0.3, 0.4) is 0 Å². The van der Waals surface area contributed by atoms with E-state index < -0.39 is 0 Å². The van der Waals surface area contributed by atoms with Crippen molar-refractivity contribution in [2.45, 2.75) is 13.3 Å². The molecule has 0 saturated carbocycles. The molecule has 1 aromatic rings. The number of rotatable bonds is 3. The smallest absolute Gasteiger partial charge is 0.252 e. The molecule has 0 spiro atoms. The van der Waals surface area contributed by atoms with E-state index in [1.807, 2.05) is 6.92 Å². The Morgan fingerprint density at radius 1 is 1.46 bits per heavy atom. The van der Waals surface area contributed by atoms with Gasteiger partial charge in [-0.3, -0.25) is 4.79 Å². The molecule has 0 bridgehead atoms. The Morgan fingerprint density at radius 3 is 2.77 bits per heavy atom. The van der Waals surface area contributed by atoms with Gasteiger partial charge in [0.25, 0.3) is 5.91 Å². The summed E-state index contributed by atoms with van der Waals surface area (Å²) in [5.41, 5.74) is 0.539. The summed E-state index contributed by atoms with van der Waals surface area (Å²) in [6.07, 6.45) is 0.927. The van der Waals surface area contributed by atoms with E-state index in [9.17, 15) is 4.79 Å². The Balaban J connectivity index is 2.71. The highest BCUT2D eigenvalue weighted by atomic mass is 35.5. The summed E-state index contributed by atoms with van der Waals surface area (Å²) in [5, 5.41) is 3.26. The van der Waals surface area contributed by atoms with E-state index in [1.54, 1.807) is 24.3 Å². The minimum Gasteiger partial charge on any atom is -0.352 e. The van der Waals surface area contributed by atoms with Crippen LogP contribution in [0.1, 0.15) is 23.7 Å². The second-order valence-electron chi connectivity index (χ2n) is 2.74. The molecular formula is C10H12ClNO. The summed E-state index contributed by atoms with van der Waals surface area (Å²) < 4.78 is 0. The molecule has 13 heavy (non-hydrogen) atoms. The van der Waals surface area contributed by atoms with Gasteiger partial charge < -0.3 is 5.32 Å². The van der Waals surface area contributed by atoms with Crippen LogP contribution in [0.15, 0.2) is 24.3 Å². The van der Waals surface area contributed by atoms with Crippen LogP contribution in [-0.2, 0) is 0 Å². The highest BCUT2D eigenvalue weighted by molar-refractivity contribution is 6.33. The molecule has 3 heteroatoms. The normalized spacial score (nSPS) is 9.69. The molecule has 0 heterocycles. The van der Waals surface area contributed by atoms with Crippen LogP contribution in [0, 0.1) is 0 Å². The topological polar surface area (TPSA) is 29.1 Å². The second-order valence-corrected chi connectivity index (χ2v) is 3.14. The van der Waals surface area contributed by atoms with Crippen LogP contribution in [-0.4, -0.2) is 12.5 Å². The minimum absolute atomic E-state index is 0.104. The van der Waals surface area contributed by atoms with Crippen LogP contribution in [0.25, 0.3) is 0 Å². The predicted molar refractivity (Wildman–Crippen MR) is 54.1 cm³/mol. The largest absolute Gasteiger partial charge is 0.352 e. The number of hydrogen-bond donors (Lipinski definition) is 1. The van der Waals surface area contributed by atoms with Crippen molar-refractivity contribution in [2.24, 2.45) is 0 Å². The molecule has 2 nitrogen and oxygen atoms in total. The maximum atomic E-state index is 11.4. The third-order valence-electron chi connectivity index (χ3n) is 1.65. The SMILES string of the molecule is CCCNC(=O)c1ccccc1Cl. The molecule has 0 radical (unpaired) electrons. The zero-order valence-corrected chi connectivity index (χ0v) is 8.27. The van der Waals surface area contributed by atoms with Gasteiger partial charge in [-0.1, -0.05) is 30.7 Å². The lowest BCUT2D eigenvalue weighted by atomic mass is 10.2. The summed E-state index contributed by atoms with van der Waals surface area (Å²) in [4.78, 5) is 11.4. The van der Waals surface area contributed by atoms with Gasteiger partial charge in [0.05, 0.1) is 10.6 Å². The number of amides is 1. The highest BCUT2D eigenvalue weighted by Crippen LogP contribution is 2.14. The third-order valence-corrected chi connectivity index (χ3v) is 1.98. The van der Waals surface area contributed by atoms with Gasteiger partial charge >= 0.3 is 0 Å². The average molecular weight is 198 g/mol. The van der Waals surface area contributed by atoms with Gasteiger partial charge in [0.2, 0.25) is 0 Å². The molecule has 70 valence electrons. The molecular weight excluding hydrogens is 186 g/mol. The van der Waals surface area contributed by atoms with Crippen LogP contribution in [0.2, 0.25) is 5.02 Å². The maximum absolute atomic E-state index is 11.4. The molecule has 0 unspecified atom stereocenters. The third kappa shape index (κ3) is 2.74. The number of carbonyl (C=O) groups excluding carboxylic acids is 1. The highest BCUT2D eigenvalue weighted by Gasteiger charge is 2.07. The Kier molecular flexibility index (Phi) is 3.77. The summed E-state index contributed by atoms with van der Waals surface area (Å²) >= 11 is 5.84. The van der Waals surface area contributed by atoms with E-state index in [0.717, 1.165) is 6.42 Å². The fourth-order valence-corrected chi connectivity index (χ4v) is 1.20. The number of halogens is 1. The van der Waals surface area contributed by atoms with E-state index in [1.165, 1.54) is 0 Å². The summed E-state index contributed by atoms with van der Waals surface area (Å²) in [6.45, 7) is 2.69. The Morgan fingerprint density at radius 2 is 2.15 bits per heavy atom. The maximum Gasteiger partial charge on any atom is 0.252 e. The molecule has 0 aliphatic carbocycles. The van der Waals surface area contributed by atoms with Crippen molar-refractivity contribution in [1.82, 2.24) is 5.32 Å². The molecule has 0 aliphatic rings. The van der Waals surface area contributed by atoms with E-state index >= 15 is 0 Å². The van der Waals surface area contributed by atoms with Gasteiger partial charge in [0.15, 0.2) is 0 Å². The average Bonchev–Trinajstić information content (AvgIpc) is 2.15. The number of carbonyl (C=O) groups is 1. The summed E-state index contributed by atoms with van der Waals surface area (Å²) in [5.74, 6) is -0.104. The zero-order valence-electron chi connectivity index (χ0n) is 7.51. The van der Waals surface area contributed by atoms with Gasteiger partial charge in [-0.2, -0.15) is 0 Å². The van der Waals surface area contributed by atoms with Gasteiger partial charge in [-0.05, 0) is 18.6 Å². The molecule has 1 amide bonds. The van der Waals surface area contributed by atoms with Gasteiger partial charge in [-0.15, -0.1) is 0 Å². The predicted octanol–water partition coefficient (Wildman–Crippen LogP) is 2.48. The molecule has 0 fully saturated rings. The molecule has 1 aromatic carbocycles. The minimum atomic E-state index is -0.104. The van der Waals surface area contributed by atoms with Crippen LogP contribution in [0.4, 0.5) is 0 Å². The van der Waals surface area contributed by atoms with Crippen LogP contribution < -0.4 is 5.32 Å². The second kappa shape index (κ2) is 4.87. The first kappa shape index (κ1) is 10.1. The molecule has 1 N–H and O–H groups in total. The summed E-state index contributed by atoms with van der Waals surface area (Å²) in [6, 6.07) is 7.03. The van der Waals surface area contributed by atoms with Crippen molar-refractivity contribution in [2.75, 3.05) is 6.54 Å². The van der Waals surface area contributed by atoms with Crippen molar-refractivity contribution < 1.29 is 4.79 Å². The monoisotopic (exact) mass is 197 g/mol. The Labute approximate surface area is 82.9 Å². The van der Waals surface area contributed by atoms with Crippen molar-refractivity contribution in [1.29, 1.82) is 0 Å². The van der Waals surface area contributed by atoms with Gasteiger partial charge in [0.1, 0.15) is 0 Å². The fraction of sp³-hybridized carbons (Fsp3) is 0.300. The van der Waals surface area contributed by atoms with E-state index in [0.29, 0.717) is 17.1 Å². The number of nitrogens with one attached hydrogen (secondary N) is 1. The van der Waals surface area contributed by atoms with Crippen molar-refractivity contribution in [3.8, 4) is 0 Å². The van der Waals surface area contributed by atoms with E-state index in [2.05, 4.69) is 5.32 Å². The first-order chi connectivity index (χ1) is 6.25. The zero-order chi connectivity index (χ0) is 9.68. The lowest BCUT2D eigenvalue weighted by Gasteiger charge is -2.04. The van der Waals surface area contributed by atoms with Crippen LogP contribution in [0.5, 0.6) is 0 Å². The Bertz CT molecular complexity index is 299. The molecule has 0 saturated heterocycles. The molecule has 0 aliphatic heterocycles. The van der Waals surface area contributed by atoms with Crippen LogP contribution >= 0.6 is 11.6 Å². The van der Waals surface area contributed by atoms with Gasteiger partial charge in [-0.25, -0.2) is 0 Å². The lowest BCUT2D eigenvalue weighted by Crippen LogP contribution is -2.24. The lowest BCUT2D eigenvalue weighted by molar-refractivity contribution is 0.0954. The van der Waals surface area contributed by atoms with Gasteiger partial charge in [0, 0.05) is 6.54 Å². The van der Waals surface area contributed by atoms with Crippen molar-refractivity contribution in [3.05, 3.63) is 34.9 Å². The molecule has 1 rings (SSSR count). The number of benzene rings is 1. The summed E-state index contributed by atoms with van der Waals surface area (Å²) in [7, 11) is 0. The molecule has 0 atom stereocenters. The van der Waals surface area contributed by atoms with Crippen molar-refractivity contribution >= 4 is 17.5 Å². The molecule has 0 aromatic heterocycles. The van der Waals surface area contributed by atoms with E-state index in [4.69, 9.17) is 11.6 Å². The number of hydrogen-bond acceptors (Lipinski definition) is 1. The quantitative estimate of drug-likeness (QED) is 0.793. The Hall–Kier alpha value is -1.02. The van der Waals surface area contributed by atoms with E-state index in [-0.39, 0.29) is 5.91 Å². The first-order valence-electron chi connectivity index (χ1n) is 4.28. The standard InChI is InChI=1S/C10H12ClNO/c1-2-7-12-10(13)8-5-3-4-6-9(8)11/h3-6H,2,7H2,1H3,(H,12,13). The van der Waals surface area contributed by atoms with Crippen molar-refractivity contribution in [3.63, 3.8) is 0 Å². The fourth-order valence-electron chi connectivity index (χ4n) is 0.979.